The Balaban J connectivity index is 2.06. The largest absolute Gasteiger partial charge is 0.494 e. The second-order valence-corrected chi connectivity index (χ2v) is 4.46. The molecule has 2 aromatic carbocycles. The first-order valence-corrected chi connectivity index (χ1v) is 6.67. The van der Waals surface area contributed by atoms with Gasteiger partial charge in [0, 0.05) is 11.6 Å². The summed E-state index contributed by atoms with van der Waals surface area (Å²) in [6.45, 7) is 2.47. The summed E-state index contributed by atoms with van der Waals surface area (Å²) in [7, 11) is 0. The number of halogens is 2. The van der Waals surface area contributed by atoms with Crippen LogP contribution in [0.1, 0.15) is 18.5 Å². The lowest BCUT2D eigenvalue weighted by molar-refractivity contribution is 0.270. The van der Waals surface area contributed by atoms with Gasteiger partial charge in [0.15, 0.2) is 11.6 Å². The Morgan fingerprint density at radius 1 is 1.05 bits per heavy atom. The molecule has 3 nitrogen and oxygen atoms in total. The smallest absolute Gasteiger partial charge is 0.167 e. The summed E-state index contributed by atoms with van der Waals surface area (Å²) < 4.78 is 37.1. The molecule has 21 heavy (non-hydrogen) atoms. The fourth-order valence-corrected chi connectivity index (χ4v) is 1.94. The van der Waals surface area contributed by atoms with Gasteiger partial charge in [0.2, 0.25) is 0 Å². The number of para-hydroxylation sites is 1. The van der Waals surface area contributed by atoms with Gasteiger partial charge in [-0.2, -0.15) is 0 Å². The average molecular weight is 293 g/mol. The van der Waals surface area contributed by atoms with Gasteiger partial charge >= 0.3 is 0 Å². The molecule has 112 valence electrons. The standard InChI is InChI=1S/C16H17F2NO2/c1-2-20-15-6-4-3-5-12(15)14(19)10-21-16-8-7-11(17)9-13(16)18/h3-9,14H,2,10,19H2,1H3. The molecule has 0 spiro atoms. The molecule has 0 fully saturated rings. The Hall–Kier alpha value is -2.14. The van der Waals surface area contributed by atoms with Crippen LogP contribution in [0.15, 0.2) is 42.5 Å². The van der Waals surface area contributed by atoms with Crippen LogP contribution in [0.25, 0.3) is 0 Å². The SMILES string of the molecule is CCOc1ccccc1C(N)COc1ccc(F)cc1F. The molecule has 2 rings (SSSR count). The van der Waals surface area contributed by atoms with E-state index in [1.54, 1.807) is 0 Å². The van der Waals surface area contributed by atoms with Crippen molar-refractivity contribution in [3.8, 4) is 11.5 Å². The van der Waals surface area contributed by atoms with Crippen molar-refractivity contribution in [1.82, 2.24) is 0 Å². The van der Waals surface area contributed by atoms with Crippen LogP contribution in [0.5, 0.6) is 11.5 Å². The lowest BCUT2D eigenvalue weighted by Crippen LogP contribution is -2.20. The molecule has 0 bridgehead atoms. The summed E-state index contributed by atoms with van der Waals surface area (Å²) in [6.07, 6.45) is 0. The Bertz CT molecular complexity index is 605. The lowest BCUT2D eigenvalue weighted by Gasteiger charge is -2.17. The van der Waals surface area contributed by atoms with Crippen molar-refractivity contribution in [3.63, 3.8) is 0 Å². The zero-order chi connectivity index (χ0) is 15.2. The van der Waals surface area contributed by atoms with Crippen LogP contribution < -0.4 is 15.2 Å². The van der Waals surface area contributed by atoms with Gasteiger partial charge in [0.05, 0.1) is 12.6 Å². The van der Waals surface area contributed by atoms with Gasteiger partial charge < -0.3 is 15.2 Å². The van der Waals surface area contributed by atoms with Crippen LogP contribution in [0.4, 0.5) is 8.78 Å². The highest BCUT2D eigenvalue weighted by Gasteiger charge is 2.14. The molecule has 0 saturated heterocycles. The molecular formula is C16H17F2NO2. The van der Waals surface area contributed by atoms with Gasteiger partial charge in [-0.1, -0.05) is 18.2 Å². The molecule has 0 aliphatic carbocycles. The van der Waals surface area contributed by atoms with Crippen LogP contribution in [-0.2, 0) is 0 Å². The number of rotatable bonds is 6. The summed E-state index contributed by atoms with van der Waals surface area (Å²) >= 11 is 0. The minimum absolute atomic E-state index is 0.0271. The fraction of sp³-hybridized carbons (Fsp3) is 0.250. The number of nitrogens with two attached hydrogens (primary N) is 1. The maximum Gasteiger partial charge on any atom is 0.167 e. The number of ether oxygens (including phenoxy) is 2. The van der Waals surface area contributed by atoms with Crippen molar-refractivity contribution < 1.29 is 18.3 Å². The molecular weight excluding hydrogens is 276 g/mol. The van der Waals surface area contributed by atoms with Crippen molar-refractivity contribution in [3.05, 3.63) is 59.7 Å². The third-order valence-corrected chi connectivity index (χ3v) is 2.93. The first kappa shape index (κ1) is 15.3. The van der Waals surface area contributed by atoms with Crippen molar-refractivity contribution in [2.24, 2.45) is 5.73 Å². The van der Waals surface area contributed by atoms with E-state index in [2.05, 4.69) is 0 Å². The van der Waals surface area contributed by atoms with Crippen LogP contribution in [0.2, 0.25) is 0 Å². The molecule has 1 atom stereocenters. The van der Waals surface area contributed by atoms with Crippen molar-refractivity contribution >= 4 is 0 Å². The van der Waals surface area contributed by atoms with Gasteiger partial charge in [-0.3, -0.25) is 0 Å². The molecule has 0 aliphatic heterocycles. The molecule has 0 saturated carbocycles. The van der Waals surface area contributed by atoms with Crippen LogP contribution in [0, 0.1) is 11.6 Å². The Kier molecular flexibility index (Phi) is 5.11. The van der Waals surface area contributed by atoms with Gasteiger partial charge in [-0.05, 0) is 25.1 Å². The third-order valence-electron chi connectivity index (χ3n) is 2.93. The first-order chi connectivity index (χ1) is 10.1. The highest BCUT2D eigenvalue weighted by molar-refractivity contribution is 5.36. The van der Waals surface area contributed by atoms with Crippen molar-refractivity contribution in [2.45, 2.75) is 13.0 Å². The molecule has 5 heteroatoms. The summed E-state index contributed by atoms with van der Waals surface area (Å²) in [5.74, 6) is -0.748. The Morgan fingerprint density at radius 2 is 1.81 bits per heavy atom. The van der Waals surface area contributed by atoms with Crippen molar-refractivity contribution in [1.29, 1.82) is 0 Å². The zero-order valence-corrected chi connectivity index (χ0v) is 11.7. The normalized spacial score (nSPS) is 12.0. The predicted octanol–water partition coefficient (Wildman–Crippen LogP) is 3.44. The fourth-order valence-electron chi connectivity index (χ4n) is 1.94. The quantitative estimate of drug-likeness (QED) is 0.887. The average Bonchev–Trinajstić information content (AvgIpc) is 2.47. The van der Waals surface area contributed by atoms with Crippen LogP contribution in [0.3, 0.4) is 0 Å². The van der Waals surface area contributed by atoms with E-state index in [-0.39, 0.29) is 12.4 Å². The first-order valence-electron chi connectivity index (χ1n) is 6.67. The van der Waals surface area contributed by atoms with E-state index in [0.29, 0.717) is 12.4 Å². The maximum absolute atomic E-state index is 13.5. The molecule has 2 N–H and O–H groups in total. The third kappa shape index (κ3) is 3.92. The van der Waals surface area contributed by atoms with Crippen molar-refractivity contribution in [2.75, 3.05) is 13.2 Å². The minimum atomic E-state index is -0.750. The molecule has 1 unspecified atom stereocenters. The zero-order valence-electron chi connectivity index (χ0n) is 11.7. The minimum Gasteiger partial charge on any atom is -0.494 e. The maximum atomic E-state index is 13.5. The van der Waals surface area contributed by atoms with E-state index in [1.807, 2.05) is 31.2 Å². The highest BCUT2D eigenvalue weighted by Crippen LogP contribution is 2.25. The number of hydrogen-bond acceptors (Lipinski definition) is 3. The second-order valence-electron chi connectivity index (χ2n) is 4.46. The van der Waals surface area contributed by atoms with Gasteiger partial charge in [-0.15, -0.1) is 0 Å². The molecule has 2 aromatic rings. The van der Waals surface area contributed by atoms with E-state index in [1.165, 1.54) is 6.07 Å². The van der Waals surface area contributed by atoms with Gasteiger partial charge in [0.1, 0.15) is 18.2 Å². The molecule has 0 radical (unpaired) electrons. The topological polar surface area (TPSA) is 44.5 Å². The second kappa shape index (κ2) is 7.04. The Labute approximate surface area is 122 Å². The summed E-state index contributed by atoms with van der Waals surface area (Å²) in [5, 5.41) is 0. The molecule has 0 aromatic heterocycles. The lowest BCUT2D eigenvalue weighted by atomic mass is 10.1. The van der Waals surface area contributed by atoms with Gasteiger partial charge in [0.25, 0.3) is 0 Å². The molecule has 0 amide bonds. The molecule has 0 heterocycles. The van der Waals surface area contributed by atoms with Gasteiger partial charge in [-0.25, -0.2) is 8.78 Å². The Morgan fingerprint density at radius 3 is 2.52 bits per heavy atom. The van der Waals surface area contributed by atoms with Crippen LogP contribution in [-0.4, -0.2) is 13.2 Å². The number of hydrogen-bond donors (Lipinski definition) is 1. The highest BCUT2D eigenvalue weighted by atomic mass is 19.1. The summed E-state index contributed by atoms with van der Waals surface area (Å²) in [4.78, 5) is 0. The monoisotopic (exact) mass is 293 g/mol. The summed E-state index contributed by atoms with van der Waals surface area (Å²) in [6, 6.07) is 10.0. The van der Waals surface area contributed by atoms with E-state index in [0.717, 1.165) is 17.7 Å². The summed E-state index contributed by atoms with van der Waals surface area (Å²) in [5.41, 5.74) is 6.83. The van der Waals surface area contributed by atoms with E-state index in [9.17, 15) is 8.78 Å². The van der Waals surface area contributed by atoms with Crippen LogP contribution >= 0.6 is 0 Å². The predicted molar refractivity (Wildman–Crippen MR) is 76.4 cm³/mol. The van der Waals surface area contributed by atoms with E-state index < -0.39 is 17.7 Å². The number of benzene rings is 2. The van der Waals surface area contributed by atoms with E-state index in [4.69, 9.17) is 15.2 Å². The van der Waals surface area contributed by atoms with E-state index >= 15 is 0 Å². The molecule has 0 aliphatic rings.